The van der Waals surface area contributed by atoms with Crippen molar-refractivity contribution in [3.8, 4) is 6.07 Å². The van der Waals surface area contributed by atoms with E-state index in [-0.39, 0.29) is 17.2 Å². The van der Waals surface area contributed by atoms with Gasteiger partial charge in [0.15, 0.2) is 11.3 Å². The number of aromatic nitrogens is 2. The van der Waals surface area contributed by atoms with Gasteiger partial charge in [0.1, 0.15) is 5.82 Å². The van der Waals surface area contributed by atoms with E-state index in [2.05, 4.69) is 21.4 Å². The molecule has 1 N–H and O–H groups in total. The van der Waals surface area contributed by atoms with Gasteiger partial charge in [-0.2, -0.15) is 5.26 Å². The van der Waals surface area contributed by atoms with Gasteiger partial charge in [-0.05, 0) is 85.3 Å². The normalized spacial score (nSPS) is 24.7. The Morgan fingerprint density at radius 1 is 1.03 bits per heavy atom. The van der Waals surface area contributed by atoms with E-state index in [0.29, 0.717) is 29.5 Å². The number of carbonyl (C=O) groups excluding carboxylic acids is 2. The number of piperidine rings is 1. The zero-order chi connectivity index (χ0) is 27.0. The van der Waals surface area contributed by atoms with Crippen molar-refractivity contribution in [2.45, 2.75) is 49.2 Å². The maximum Gasteiger partial charge on any atom is 0.263 e. The van der Waals surface area contributed by atoms with E-state index < -0.39 is 5.54 Å². The lowest BCUT2D eigenvalue weighted by Gasteiger charge is -2.38. The largest absolute Gasteiger partial charge is 0.339 e. The van der Waals surface area contributed by atoms with Gasteiger partial charge in [-0.15, -0.1) is 0 Å². The highest BCUT2D eigenvalue weighted by atomic mass is 16.2. The van der Waals surface area contributed by atoms with Gasteiger partial charge >= 0.3 is 0 Å². The lowest BCUT2D eigenvalue weighted by Crippen LogP contribution is -2.55. The Morgan fingerprint density at radius 3 is 2.28 bits per heavy atom. The van der Waals surface area contributed by atoms with Gasteiger partial charge in [0.25, 0.3) is 5.91 Å². The summed E-state index contributed by atoms with van der Waals surface area (Å²) in [5.41, 5.74) is 1.13. The van der Waals surface area contributed by atoms with Crippen LogP contribution >= 0.6 is 0 Å². The van der Waals surface area contributed by atoms with E-state index >= 15 is 0 Å². The van der Waals surface area contributed by atoms with Crippen LogP contribution in [0.3, 0.4) is 0 Å². The van der Waals surface area contributed by atoms with Crippen molar-refractivity contribution in [1.29, 1.82) is 5.26 Å². The van der Waals surface area contributed by atoms with Crippen molar-refractivity contribution in [3.05, 3.63) is 107 Å². The topological polar surface area (TPSA) is 102 Å². The smallest absolute Gasteiger partial charge is 0.263 e. The minimum atomic E-state index is -1.19. The summed E-state index contributed by atoms with van der Waals surface area (Å²) >= 11 is 0. The second-order valence-electron chi connectivity index (χ2n) is 10.7. The summed E-state index contributed by atoms with van der Waals surface area (Å²) in [6.45, 7) is 0.483. The lowest BCUT2D eigenvalue weighted by atomic mass is 9.82. The summed E-state index contributed by atoms with van der Waals surface area (Å²) in [6, 6.07) is 16.6. The van der Waals surface area contributed by atoms with Crippen LogP contribution in [0.15, 0.2) is 85.2 Å². The third-order valence-electron chi connectivity index (χ3n) is 8.58. The molecule has 2 unspecified atom stereocenters. The molecule has 8 nitrogen and oxygen atoms in total. The number of carbonyl (C=O) groups is 2. The number of hydrogen-bond donors (Lipinski definition) is 1. The molecule has 5 heterocycles. The van der Waals surface area contributed by atoms with Gasteiger partial charge in [0, 0.05) is 61.6 Å². The number of allylic oxidation sites excluding steroid dienone is 1. The Morgan fingerprint density at radius 2 is 1.67 bits per heavy atom. The highest BCUT2D eigenvalue weighted by molar-refractivity contribution is 6.06. The maximum atomic E-state index is 14.8. The number of rotatable bonds is 6. The number of pyridine rings is 2. The third kappa shape index (κ3) is 4.10. The first-order valence-corrected chi connectivity index (χ1v) is 13.4. The van der Waals surface area contributed by atoms with Crippen LogP contribution < -0.4 is 5.32 Å². The molecule has 6 rings (SSSR count). The van der Waals surface area contributed by atoms with E-state index in [9.17, 15) is 9.59 Å². The first-order chi connectivity index (χ1) is 19.0. The number of likely N-dealkylation sites (N-methyl/N-ethyl adjacent to an activating group) is 1. The Labute approximate surface area is 228 Å². The Balaban J connectivity index is 1.50. The molecule has 1 aromatic carbocycles. The molecule has 0 aliphatic carbocycles. The van der Waals surface area contributed by atoms with Gasteiger partial charge in [0.2, 0.25) is 0 Å². The molecule has 2 aromatic heterocycles. The fourth-order valence-electron chi connectivity index (χ4n) is 6.65. The van der Waals surface area contributed by atoms with Crippen LogP contribution in [0.2, 0.25) is 0 Å². The number of nitrogens with one attached hydrogen (secondary N) is 1. The van der Waals surface area contributed by atoms with Crippen LogP contribution in [-0.4, -0.2) is 56.6 Å². The molecular weight excluding hydrogens is 488 g/mol. The third-order valence-corrected chi connectivity index (χ3v) is 8.58. The van der Waals surface area contributed by atoms with Gasteiger partial charge in [-0.25, -0.2) is 0 Å². The fourth-order valence-corrected chi connectivity index (χ4v) is 6.65. The molecule has 0 spiro atoms. The monoisotopic (exact) mass is 518 g/mol. The molecule has 0 saturated carbocycles. The summed E-state index contributed by atoms with van der Waals surface area (Å²) in [4.78, 5) is 40.5. The summed E-state index contributed by atoms with van der Waals surface area (Å²) in [5, 5.41) is 13.0. The summed E-state index contributed by atoms with van der Waals surface area (Å²) in [5.74, 6) is 0.220. The van der Waals surface area contributed by atoms with Crippen LogP contribution in [0, 0.1) is 11.3 Å². The minimum absolute atomic E-state index is 0.105. The molecule has 2 bridgehead atoms. The van der Waals surface area contributed by atoms with E-state index in [0.717, 1.165) is 43.2 Å². The highest BCUT2D eigenvalue weighted by Crippen LogP contribution is 2.47. The van der Waals surface area contributed by atoms with Crippen LogP contribution in [0.4, 0.5) is 0 Å². The molecule has 196 valence electrons. The number of benzene rings is 1. The van der Waals surface area contributed by atoms with Crippen molar-refractivity contribution < 1.29 is 9.59 Å². The van der Waals surface area contributed by atoms with E-state index in [4.69, 9.17) is 5.26 Å². The SMILES string of the molecule is CN1C(=CC(=O)c2ccc(C#N)cc2)N(CC23CCCC(CC2)N3)C(=O)C1(c1ccncc1)c1ccncc1. The quantitative estimate of drug-likeness (QED) is 0.392. The number of fused-ring (bicyclic) bond motifs is 2. The van der Waals surface area contributed by atoms with Crippen molar-refractivity contribution in [2.75, 3.05) is 13.6 Å². The predicted molar refractivity (Wildman–Crippen MR) is 145 cm³/mol. The molecule has 39 heavy (non-hydrogen) atoms. The zero-order valence-electron chi connectivity index (χ0n) is 21.9. The van der Waals surface area contributed by atoms with Crippen molar-refractivity contribution in [2.24, 2.45) is 0 Å². The van der Waals surface area contributed by atoms with Crippen molar-refractivity contribution in [3.63, 3.8) is 0 Å². The second kappa shape index (κ2) is 9.75. The molecule has 3 aliphatic rings. The first-order valence-electron chi connectivity index (χ1n) is 13.4. The molecule has 8 heteroatoms. The summed E-state index contributed by atoms with van der Waals surface area (Å²) in [7, 11) is 1.88. The molecule has 3 fully saturated rings. The number of amides is 1. The molecule has 0 radical (unpaired) electrons. The number of nitriles is 1. The average molecular weight is 519 g/mol. The van der Waals surface area contributed by atoms with E-state index in [1.807, 2.05) is 41.1 Å². The molecular formula is C31H30N6O2. The molecule has 3 aromatic rings. The first kappa shape index (κ1) is 25.0. The van der Waals surface area contributed by atoms with Crippen LogP contribution in [-0.2, 0) is 10.3 Å². The lowest BCUT2D eigenvalue weighted by molar-refractivity contribution is -0.132. The van der Waals surface area contributed by atoms with Crippen LogP contribution in [0.25, 0.3) is 0 Å². The van der Waals surface area contributed by atoms with E-state index in [1.54, 1.807) is 55.1 Å². The van der Waals surface area contributed by atoms with Gasteiger partial charge < -0.3 is 10.2 Å². The zero-order valence-corrected chi connectivity index (χ0v) is 21.9. The Bertz CT molecular complexity index is 1420. The van der Waals surface area contributed by atoms with Gasteiger partial charge in [-0.3, -0.25) is 24.5 Å². The molecule has 1 amide bonds. The summed E-state index contributed by atoms with van der Waals surface area (Å²) < 4.78 is 0. The number of hydrogen-bond acceptors (Lipinski definition) is 7. The number of ketones is 1. The van der Waals surface area contributed by atoms with Gasteiger partial charge in [-0.1, -0.05) is 6.42 Å². The molecule has 3 saturated heterocycles. The average Bonchev–Trinajstić information content (AvgIpc) is 3.38. The van der Waals surface area contributed by atoms with Crippen LogP contribution in [0.1, 0.15) is 59.2 Å². The van der Waals surface area contributed by atoms with E-state index in [1.165, 1.54) is 0 Å². The van der Waals surface area contributed by atoms with Gasteiger partial charge in [0.05, 0.1) is 11.6 Å². The summed E-state index contributed by atoms with van der Waals surface area (Å²) in [6.07, 6.45) is 13.7. The van der Waals surface area contributed by atoms with Crippen molar-refractivity contribution in [1.82, 2.24) is 25.1 Å². The highest BCUT2D eigenvalue weighted by Gasteiger charge is 2.58. The fraction of sp³-hybridized carbons (Fsp3) is 0.323. The van der Waals surface area contributed by atoms with Crippen LogP contribution in [0.5, 0.6) is 0 Å². The maximum absolute atomic E-state index is 14.8. The Hall–Kier alpha value is -4.35. The predicted octanol–water partition coefficient (Wildman–Crippen LogP) is 3.76. The molecule has 3 aliphatic heterocycles. The second-order valence-corrected chi connectivity index (χ2v) is 10.7. The van der Waals surface area contributed by atoms with Crippen molar-refractivity contribution >= 4 is 11.7 Å². The molecule has 2 atom stereocenters. The minimum Gasteiger partial charge on any atom is -0.339 e. The number of nitrogens with zero attached hydrogens (tertiary/aromatic N) is 5. The standard InChI is InChI=1S/C31H30N6O2/c1-36-28(19-27(38)23-6-4-22(20-32)5-7-23)37(21-30-13-2-3-26(35-30)8-14-30)29(39)31(36,24-9-15-33-16-10-24)25-11-17-34-18-12-25/h4-7,9-12,15-19,26,35H,2-3,8,13-14,21H2,1H3. The Kier molecular flexibility index (Phi) is 6.24.